The first kappa shape index (κ1) is 6.63. The van der Waals surface area contributed by atoms with Gasteiger partial charge >= 0.3 is 0 Å². The highest BCUT2D eigenvalue weighted by Crippen LogP contribution is 2.58. The first-order chi connectivity index (χ1) is 5.76. The molecule has 4 unspecified atom stereocenters. The Morgan fingerprint density at radius 2 is 1.42 bits per heavy atom. The maximum Gasteiger partial charge on any atom is 0.134 e. The number of ether oxygens (including phenoxy) is 2. The van der Waals surface area contributed by atoms with Gasteiger partial charge in [-0.1, -0.05) is 25.3 Å². The summed E-state index contributed by atoms with van der Waals surface area (Å²) in [5, 5.41) is 0. The van der Waals surface area contributed by atoms with Gasteiger partial charge in [0.15, 0.2) is 0 Å². The SMILES string of the molecule is C=CC12C=CC3(C=C)OC3C1O2. The van der Waals surface area contributed by atoms with Crippen LogP contribution in [-0.4, -0.2) is 23.4 Å². The average molecular weight is 162 g/mol. The van der Waals surface area contributed by atoms with Crippen LogP contribution in [0.25, 0.3) is 0 Å². The van der Waals surface area contributed by atoms with E-state index in [1.807, 2.05) is 24.3 Å². The van der Waals surface area contributed by atoms with E-state index in [0.29, 0.717) is 0 Å². The van der Waals surface area contributed by atoms with Gasteiger partial charge in [0.2, 0.25) is 0 Å². The topological polar surface area (TPSA) is 25.1 Å². The largest absolute Gasteiger partial charge is 0.354 e. The predicted octanol–water partition coefficient (Wildman–Crippen LogP) is 1.20. The summed E-state index contributed by atoms with van der Waals surface area (Å²) in [4.78, 5) is 0. The molecule has 0 amide bonds. The van der Waals surface area contributed by atoms with Crippen LogP contribution in [-0.2, 0) is 9.47 Å². The molecule has 2 heterocycles. The van der Waals surface area contributed by atoms with Gasteiger partial charge in [-0.15, -0.1) is 0 Å². The van der Waals surface area contributed by atoms with Gasteiger partial charge < -0.3 is 9.47 Å². The average Bonchev–Trinajstić information content (AvgIpc) is 2.97. The summed E-state index contributed by atoms with van der Waals surface area (Å²) in [7, 11) is 0. The summed E-state index contributed by atoms with van der Waals surface area (Å²) in [5.74, 6) is 0. The maximum absolute atomic E-state index is 5.52. The van der Waals surface area contributed by atoms with Gasteiger partial charge in [0, 0.05) is 0 Å². The Bertz CT molecular complexity index is 277. The second-order valence-corrected chi connectivity index (χ2v) is 3.53. The summed E-state index contributed by atoms with van der Waals surface area (Å²) < 4.78 is 11.0. The summed E-state index contributed by atoms with van der Waals surface area (Å²) >= 11 is 0. The van der Waals surface area contributed by atoms with Crippen molar-refractivity contribution in [1.82, 2.24) is 0 Å². The van der Waals surface area contributed by atoms with Gasteiger partial charge in [0.05, 0.1) is 0 Å². The van der Waals surface area contributed by atoms with Crippen molar-refractivity contribution >= 4 is 0 Å². The molecule has 0 N–H and O–H groups in total. The summed E-state index contributed by atoms with van der Waals surface area (Å²) in [5.41, 5.74) is -0.429. The molecule has 0 radical (unpaired) electrons. The third-order valence-corrected chi connectivity index (χ3v) is 2.95. The molecule has 2 fully saturated rings. The lowest BCUT2D eigenvalue weighted by Gasteiger charge is -2.06. The van der Waals surface area contributed by atoms with Gasteiger partial charge in [0.25, 0.3) is 0 Å². The first-order valence-corrected chi connectivity index (χ1v) is 4.09. The maximum atomic E-state index is 5.52. The van der Waals surface area contributed by atoms with E-state index >= 15 is 0 Å². The minimum Gasteiger partial charge on any atom is -0.354 e. The summed E-state index contributed by atoms with van der Waals surface area (Å²) in [6.07, 6.45) is 8.08. The molecule has 0 aromatic heterocycles. The van der Waals surface area contributed by atoms with Crippen LogP contribution in [0.3, 0.4) is 0 Å². The minimum absolute atomic E-state index is 0.179. The molecule has 3 aliphatic rings. The quantitative estimate of drug-likeness (QED) is 0.450. The second kappa shape index (κ2) is 1.58. The van der Waals surface area contributed by atoms with Crippen molar-refractivity contribution in [3.8, 4) is 0 Å². The van der Waals surface area contributed by atoms with Crippen LogP contribution >= 0.6 is 0 Å². The Morgan fingerprint density at radius 1 is 1.00 bits per heavy atom. The number of rotatable bonds is 2. The lowest BCUT2D eigenvalue weighted by molar-refractivity contribution is 0.297. The standard InChI is InChI=1S/C10H10O2/c1-3-9-5-6-10(4-2)8(12-10)7(9)11-9/h3-8H,1-2H2. The highest BCUT2D eigenvalue weighted by Gasteiger charge is 2.72. The van der Waals surface area contributed by atoms with Crippen molar-refractivity contribution in [2.45, 2.75) is 23.4 Å². The van der Waals surface area contributed by atoms with Gasteiger partial charge in [-0.2, -0.15) is 0 Å². The molecule has 1 aliphatic carbocycles. The van der Waals surface area contributed by atoms with E-state index in [2.05, 4.69) is 13.2 Å². The molecule has 0 aromatic rings. The van der Waals surface area contributed by atoms with Crippen molar-refractivity contribution in [3.63, 3.8) is 0 Å². The van der Waals surface area contributed by atoms with E-state index in [-0.39, 0.29) is 23.4 Å². The molecule has 0 bridgehead atoms. The third kappa shape index (κ3) is 0.520. The highest BCUT2D eigenvalue weighted by atomic mass is 16.7. The molecule has 2 nitrogen and oxygen atoms in total. The van der Waals surface area contributed by atoms with Crippen LogP contribution in [0.5, 0.6) is 0 Å². The number of hydrogen-bond donors (Lipinski definition) is 0. The van der Waals surface area contributed by atoms with Crippen molar-refractivity contribution in [2.75, 3.05) is 0 Å². The van der Waals surface area contributed by atoms with Crippen LogP contribution < -0.4 is 0 Å². The fraction of sp³-hybridized carbons (Fsp3) is 0.400. The number of hydrogen-bond acceptors (Lipinski definition) is 2. The molecule has 0 saturated carbocycles. The zero-order valence-electron chi connectivity index (χ0n) is 6.69. The van der Waals surface area contributed by atoms with Crippen LogP contribution in [0.2, 0.25) is 0 Å². The lowest BCUT2D eigenvalue weighted by Crippen LogP contribution is -2.23. The molecule has 62 valence electrons. The Labute approximate surface area is 71.2 Å². The minimum atomic E-state index is -0.215. The fourth-order valence-corrected chi connectivity index (χ4v) is 1.96. The lowest BCUT2D eigenvalue weighted by atomic mass is 9.89. The van der Waals surface area contributed by atoms with Gasteiger partial charge in [-0.25, -0.2) is 0 Å². The van der Waals surface area contributed by atoms with Gasteiger partial charge in [-0.05, 0) is 12.2 Å². The second-order valence-electron chi connectivity index (χ2n) is 3.53. The van der Waals surface area contributed by atoms with Crippen molar-refractivity contribution in [1.29, 1.82) is 0 Å². The molecule has 0 aromatic carbocycles. The molecule has 2 aliphatic heterocycles. The molecular weight excluding hydrogens is 152 g/mol. The van der Waals surface area contributed by atoms with E-state index < -0.39 is 0 Å². The van der Waals surface area contributed by atoms with Crippen LogP contribution in [0.1, 0.15) is 0 Å². The van der Waals surface area contributed by atoms with Gasteiger partial charge in [-0.3, -0.25) is 0 Å². The predicted molar refractivity (Wildman–Crippen MR) is 44.7 cm³/mol. The molecule has 0 spiro atoms. The number of epoxide rings is 2. The van der Waals surface area contributed by atoms with Crippen LogP contribution in [0.4, 0.5) is 0 Å². The molecule has 3 rings (SSSR count). The van der Waals surface area contributed by atoms with Crippen molar-refractivity contribution in [2.24, 2.45) is 0 Å². The molecular formula is C10H10O2. The van der Waals surface area contributed by atoms with Crippen molar-refractivity contribution in [3.05, 3.63) is 37.5 Å². The first-order valence-electron chi connectivity index (χ1n) is 4.09. The van der Waals surface area contributed by atoms with Crippen LogP contribution in [0.15, 0.2) is 37.5 Å². The van der Waals surface area contributed by atoms with Crippen molar-refractivity contribution < 1.29 is 9.47 Å². The molecule has 12 heavy (non-hydrogen) atoms. The smallest absolute Gasteiger partial charge is 0.134 e. The van der Waals surface area contributed by atoms with Gasteiger partial charge in [0.1, 0.15) is 23.4 Å². The Hall–Kier alpha value is -0.860. The zero-order chi connectivity index (χ0) is 8.40. The monoisotopic (exact) mass is 162 g/mol. The van der Waals surface area contributed by atoms with E-state index in [4.69, 9.17) is 9.47 Å². The molecule has 4 atom stereocenters. The van der Waals surface area contributed by atoms with E-state index in [0.717, 1.165) is 0 Å². The Kier molecular flexibility index (Phi) is 0.875. The highest BCUT2D eigenvalue weighted by molar-refractivity contribution is 5.43. The normalized spacial score (nSPS) is 58.3. The zero-order valence-corrected chi connectivity index (χ0v) is 6.69. The fourth-order valence-electron chi connectivity index (χ4n) is 1.96. The van der Waals surface area contributed by atoms with E-state index in [1.54, 1.807) is 0 Å². The summed E-state index contributed by atoms with van der Waals surface area (Å²) in [6.45, 7) is 7.48. The number of fused-ring (bicyclic) bond motifs is 3. The Morgan fingerprint density at radius 3 is 1.75 bits per heavy atom. The molecule has 2 saturated heterocycles. The summed E-state index contributed by atoms with van der Waals surface area (Å²) in [6, 6.07) is 0. The van der Waals surface area contributed by atoms with E-state index in [9.17, 15) is 0 Å². The van der Waals surface area contributed by atoms with Crippen LogP contribution in [0, 0.1) is 0 Å². The van der Waals surface area contributed by atoms with E-state index in [1.165, 1.54) is 0 Å². The Balaban J connectivity index is 2.00. The third-order valence-electron chi connectivity index (χ3n) is 2.95. The molecule has 2 heteroatoms.